The molecule has 0 saturated carbocycles. The Kier molecular flexibility index (Phi) is 3.93. The molecule has 6 nitrogen and oxygen atoms in total. The molecule has 0 unspecified atom stereocenters. The first kappa shape index (κ1) is 14.0. The number of aromatic nitrogens is 2. The van der Waals surface area contributed by atoms with Gasteiger partial charge in [-0.2, -0.15) is 0 Å². The number of halogens is 1. The molecule has 0 amide bonds. The summed E-state index contributed by atoms with van der Waals surface area (Å²) in [4.78, 5) is 7.23. The second kappa shape index (κ2) is 5.32. The number of hydrogen-bond acceptors (Lipinski definition) is 4. The van der Waals surface area contributed by atoms with E-state index in [-0.39, 0.29) is 4.90 Å². The lowest BCUT2D eigenvalue weighted by molar-refractivity contribution is 0.598. The molecular formula is C11H13BrN4O2S. The first-order valence-corrected chi connectivity index (χ1v) is 7.77. The topological polar surface area (TPSA) is 101 Å². The fourth-order valence-corrected chi connectivity index (χ4v) is 2.77. The van der Waals surface area contributed by atoms with Crippen LogP contribution in [0.4, 0.5) is 5.69 Å². The number of aryl methyl sites for hydroxylation is 1. The Morgan fingerprint density at radius 3 is 2.74 bits per heavy atom. The molecule has 0 radical (unpaired) electrons. The smallest absolute Gasteiger partial charge is 0.238 e. The molecule has 0 aliphatic rings. The Morgan fingerprint density at radius 2 is 2.21 bits per heavy atom. The van der Waals surface area contributed by atoms with Crippen molar-refractivity contribution in [2.75, 3.05) is 5.32 Å². The minimum absolute atomic E-state index is 0.0703. The highest BCUT2D eigenvalue weighted by Crippen LogP contribution is 2.25. The highest BCUT2D eigenvalue weighted by molar-refractivity contribution is 9.10. The summed E-state index contributed by atoms with van der Waals surface area (Å²) in [5.41, 5.74) is 2.67. The third kappa shape index (κ3) is 3.34. The van der Waals surface area contributed by atoms with Crippen LogP contribution < -0.4 is 10.5 Å². The van der Waals surface area contributed by atoms with E-state index in [0.29, 0.717) is 11.0 Å². The van der Waals surface area contributed by atoms with E-state index in [1.54, 1.807) is 12.4 Å². The number of hydrogen-bond donors (Lipinski definition) is 3. The fourth-order valence-electron chi connectivity index (χ4n) is 1.56. The van der Waals surface area contributed by atoms with Gasteiger partial charge in [-0.05, 0) is 41.1 Å². The van der Waals surface area contributed by atoms with Gasteiger partial charge < -0.3 is 10.3 Å². The lowest BCUT2D eigenvalue weighted by Gasteiger charge is -2.09. The molecule has 0 spiro atoms. The summed E-state index contributed by atoms with van der Waals surface area (Å²) in [5.74, 6) is 0. The van der Waals surface area contributed by atoms with E-state index in [9.17, 15) is 8.42 Å². The molecule has 2 aromatic rings. The number of anilines is 1. The largest absolute Gasteiger partial charge is 0.378 e. The highest BCUT2D eigenvalue weighted by atomic mass is 79.9. The van der Waals surface area contributed by atoms with E-state index in [0.717, 1.165) is 17.1 Å². The van der Waals surface area contributed by atoms with Crippen molar-refractivity contribution in [3.63, 3.8) is 0 Å². The quantitative estimate of drug-likeness (QED) is 0.786. The Balaban J connectivity index is 2.16. The highest BCUT2D eigenvalue weighted by Gasteiger charge is 2.10. The van der Waals surface area contributed by atoms with Crippen molar-refractivity contribution in [2.45, 2.75) is 18.4 Å². The summed E-state index contributed by atoms with van der Waals surface area (Å²) < 4.78 is 23.0. The van der Waals surface area contributed by atoms with Crippen LogP contribution in [0.1, 0.15) is 11.4 Å². The third-order valence-electron chi connectivity index (χ3n) is 2.65. The van der Waals surface area contributed by atoms with Gasteiger partial charge in [-0.15, -0.1) is 0 Å². The minimum Gasteiger partial charge on any atom is -0.378 e. The molecule has 2 rings (SSSR count). The zero-order chi connectivity index (χ0) is 14.0. The van der Waals surface area contributed by atoms with Crippen molar-refractivity contribution in [1.82, 2.24) is 9.97 Å². The van der Waals surface area contributed by atoms with Crippen LogP contribution in [-0.2, 0) is 16.6 Å². The van der Waals surface area contributed by atoms with E-state index < -0.39 is 10.0 Å². The van der Waals surface area contributed by atoms with Crippen LogP contribution in [0, 0.1) is 6.92 Å². The van der Waals surface area contributed by atoms with E-state index in [2.05, 4.69) is 31.2 Å². The first-order chi connectivity index (χ1) is 8.88. The molecule has 1 aromatic carbocycles. The minimum atomic E-state index is -3.68. The SMILES string of the molecule is Cc1[nH]cnc1CNc1ccc(S(N)(=O)=O)cc1Br. The lowest BCUT2D eigenvalue weighted by atomic mass is 10.3. The van der Waals surface area contributed by atoms with E-state index in [4.69, 9.17) is 5.14 Å². The third-order valence-corrected chi connectivity index (χ3v) is 4.22. The summed E-state index contributed by atoms with van der Waals surface area (Å²) in [6.07, 6.45) is 1.63. The van der Waals surface area contributed by atoms with Gasteiger partial charge in [-0.1, -0.05) is 0 Å². The van der Waals surface area contributed by atoms with Crippen molar-refractivity contribution in [1.29, 1.82) is 0 Å². The molecule has 0 fully saturated rings. The van der Waals surface area contributed by atoms with Gasteiger partial charge in [0.2, 0.25) is 10.0 Å². The standard InChI is InChI=1S/C11H13BrN4O2S/c1-7-11(16-6-15-7)5-14-10-3-2-8(4-9(10)12)19(13,17)18/h2-4,6,14H,5H2,1H3,(H,15,16)(H2,13,17,18). The van der Waals surface area contributed by atoms with Gasteiger partial charge in [0.25, 0.3) is 0 Å². The van der Waals surface area contributed by atoms with Crippen molar-refractivity contribution >= 4 is 31.6 Å². The Morgan fingerprint density at radius 1 is 1.47 bits per heavy atom. The zero-order valence-electron chi connectivity index (χ0n) is 10.1. The van der Waals surface area contributed by atoms with E-state index >= 15 is 0 Å². The molecule has 0 aliphatic heterocycles. The predicted octanol–water partition coefficient (Wildman–Crippen LogP) is 1.74. The first-order valence-electron chi connectivity index (χ1n) is 5.43. The monoisotopic (exact) mass is 344 g/mol. The van der Waals surface area contributed by atoms with E-state index in [1.165, 1.54) is 12.1 Å². The molecular weight excluding hydrogens is 332 g/mol. The van der Waals surface area contributed by atoms with Crippen LogP contribution in [0.15, 0.2) is 33.9 Å². The molecule has 0 atom stereocenters. The number of nitrogens with two attached hydrogens (primary N) is 1. The number of primary sulfonamides is 1. The van der Waals surface area contributed by atoms with Gasteiger partial charge >= 0.3 is 0 Å². The Labute approximate surface area is 119 Å². The van der Waals surface area contributed by atoms with Crippen molar-refractivity contribution in [2.24, 2.45) is 5.14 Å². The number of nitrogens with zero attached hydrogens (tertiary/aromatic N) is 1. The average Bonchev–Trinajstić information content (AvgIpc) is 2.72. The fraction of sp³-hybridized carbons (Fsp3) is 0.182. The number of rotatable bonds is 4. The number of benzene rings is 1. The van der Waals surface area contributed by atoms with Crippen LogP contribution in [0.2, 0.25) is 0 Å². The summed E-state index contributed by atoms with van der Waals surface area (Å²) in [7, 11) is -3.68. The molecule has 19 heavy (non-hydrogen) atoms. The maximum atomic E-state index is 11.2. The molecule has 4 N–H and O–H groups in total. The van der Waals surface area contributed by atoms with Gasteiger partial charge in [0.1, 0.15) is 0 Å². The summed E-state index contributed by atoms with van der Waals surface area (Å²) in [6, 6.07) is 4.58. The van der Waals surface area contributed by atoms with Crippen LogP contribution >= 0.6 is 15.9 Å². The lowest BCUT2D eigenvalue weighted by Crippen LogP contribution is -2.12. The molecule has 102 valence electrons. The summed E-state index contributed by atoms with van der Waals surface area (Å²) in [5, 5.41) is 8.23. The molecule has 0 saturated heterocycles. The van der Waals surface area contributed by atoms with Gasteiger partial charge in [0, 0.05) is 15.9 Å². The van der Waals surface area contributed by atoms with Crippen molar-refractivity contribution in [3.8, 4) is 0 Å². The summed E-state index contributed by atoms with van der Waals surface area (Å²) >= 11 is 3.31. The number of sulfonamides is 1. The maximum absolute atomic E-state index is 11.2. The Hall–Kier alpha value is -1.38. The second-order valence-electron chi connectivity index (χ2n) is 4.01. The second-order valence-corrected chi connectivity index (χ2v) is 6.43. The van der Waals surface area contributed by atoms with Crippen LogP contribution in [-0.4, -0.2) is 18.4 Å². The average molecular weight is 345 g/mol. The predicted molar refractivity (Wildman–Crippen MR) is 76.2 cm³/mol. The number of H-pyrrole nitrogens is 1. The molecule has 8 heteroatoms. The van der Waals surface area contributed by atoms with Crippen LogP contribution in [0.25, 0.3) is 0 Å². The van der Waals surface area contributed by atoms with Crippen molar-refractivity contribution in [3.05, 3.63) is 40.4 Å². The van der Waals surface area contributed by atoms with Crippen molar-refractivity contribution < 1.29 is 8.42 Å². The normalized spacial score (nSPS) is 11.5. The van der Waals surface area contributed by atoms with Gasteiger partial charge in [-0.3, -0.25) is 0 Å². The van der Waals surface area contributed by atoms with Gasteiger partial charge in [0.15, 0.2) is 0 Å². The Bertz CT molecular complexity index is 696. The molecule has 0 aliphatic carbocycles. The maximum Gasteiger partial charge on any atom is 0.238 e. The summed E-state index contributed by atoms with van der Waals surface area (Å²) in [6.45, 7) is 2.48. The number of aromatic amines is 1. The number of nitrogens with one attached hydrogen (secondary N) is 2. The van der Waals surface area contributed by atoms with E-state index in [1.807, 2.05) is 6.92 Å². The zero-order valence-corrected chi connectivity index (χ0v) is 12.5. The number of imidazole rings is 1. The van der Waals surface area contributed by atoms with Gasteiger partial charge in [-0.25, -0.2) is 18.5 Å². The van der Waals surface area contributed by atoms with Crippen LogP contribution in [0.5, 0.6) is 0 Å². The molecule has 0 bridgehead atoms. The van der Waals surface area contributed by atoms with Crippen LogP contribution in [0.3, 0.4) is 0 Å². The molecule has 1 heterocycles. The van der Waals surface area contributed by atoms with Gasteiger partial charge in [0.05, 0.1) is 23.5 Å². The molecule has 1 aromatic heterocycles.